The monoisotopic (exact) mass is 238 g/mol. The molecule has 1 fully saturated rings. The van der Waals surface area contributed by atoms with E-state index >= 15 is 0 Å². The molecule has 0 aromatic heterocycles. The summed E-state index contributed by atoms with van der Waals surface area (Å²) in [6.45, 7) is -0.801. The molecule has 0 spiro atoms. The van der Waals surface area contributed by atoms with Crippen LogP contribution in [0, 0.1) is 0 Å². The molecule has 0 aromatic rings. The molecule has 0 saturated carbocycles. The summed E-state index contributed by atoms with van der Waals surface area (Å²) >= 11 is 0. The Labute approximate surface area is 90.3 Å². The van der Waals surface area contributed by atoms with E-state index in [9.17, 15) is 25.2 Å². The van der Waals surface area contributed by atoms with Gasteiger partial charge in [0.2, 0.25) is 0 Å². The molecule has 1 aliphatic rings. The maximum Gasteiger partial charge on any atom is 0.364 e. The van der Waals surface area contributed by atoms with Crippen molar-refractivity contribution in [2.75, 3.05) is 6.61 Å². The number of carboxylic acid groups (broad SMARTS) is 1. The zero-order valence-electron chi connectivity index (χ0n) is 8.22. The second-order valence-electron chi connectivity index (χ2n) is 3.68. The molecule has 0 radical (unpaired) electrons. The highest BCUT2D eigenvalue weighted by molar-refractivity contribution is 5.75. The van der Waals surface area contributed by atoms with Crippen molar-refractivity contribution in [1.82, 2.24) is 0 Å². The van der Waals surface area contributed by atoms with Crippen LogP contribution in [0.15, 0.2) is 0 Å². The van der Waals surface area contributed by atoms with Crippen LogP contribution in [0.4, 0.5) is 0 Å². The van der Waals surface area contributed by atoms with Crippen LogP contribution in [0.3, 0.4) is 0 Å². The minimum Gasteiger partial charge on any atom is -0.477 e. The summed E-state index contributed by atoms with van der Waals surface area (Å²) in [4.78, 5) is 10.7. The van der Waals surface area contributed by atoms with E-state index in [1.807, 2.05) is 0 Å². The van der Waals surface area contributed by atoms with Crippen molar-refractivity contribution in [1.29, 1.82) is 0 Å². The summed E-state index contributed by atoms with van der Waals surface area (Å²) in [7, 11) is 0. The van der Waals surface area contributed by atoms with Crippen LogP contribution in [-0.2, 0) is 9.53 Å². The zero-order valence-corrected chi connectivity index (χ0v) is 8.22. The van der Waals surface area contributed by atoms with Gasteiger partial charge in [0.15, 0.2) is 0 Å². The summed E-state index contributed by atoms with van der Waals surface area (Å²) in [5.74, 6) is -4.42. The molecule has 1 unspecified atom stereocenters. The predicted molar refractivity (Wildman–Crippen MR) is 47.2 cm³/mol. The highest BCUT2D eigenvalue weighted by Crippen LogP contribution is 2.29. The maximum absolute atomic E-state index is 10.7. The Bertz CT molecular complexity index is 269. The molecule has 8 nitrogen and oxygen atoms in total. The molecular weight excluding hydrogens is 224 g/mol. The second kappa shape index (κ2) is 4.62. The molecule has 1 heterocycles. The summed E-state index contributed by atoms with van der Waals surface area (Å²) in [5, 5.41) is 54.7. The predicted octanol–water partition coefficient (Wildman–Crippen LogP) is -3.38. The van der Waals surface area contributed by atoms with E-state index in [1.54, 1.807) is 0 Å². The lowest BCUT2D eigenvalue weighted by atomic mass is 9.93. The largest absolute Gasteiger partial charge is 0.477 e. The second-order valence-corrected chi connectivity index (χ2v) is 3.68. The van der Waals surface area contributed by atoms with Crippen molar-refractivity contribution in [3.8, 4) is 0 Å². The van der Waals surface area contributed by atoms with E-state index in [4.69, 9.17) is 10.2 Å². The molecule has 94 valence electrons. The standard InChI is InChI=1S/C8H14O8/c9-2-4(11)6-5(12)3(10)1-8(15,16-6)7(13)14/h3-6,9-12,15H,1-2H2,(H,13,14)/t3-,4-,5+,6?,8-/m1/s1. The minimum atomic E-state index is -2.68. The van der Waals surface area contributed by atoms with Gasteiger partial charge in [0, 0.05) is 6.42 Å². The third-order valence-corrected chi connectivity index (χ3v) is 2.45. The van der Waals surface area contributed by atoms with E-state index in [2.05, 4.69) is 4.74 Å². The molecule has 5 atom stereocenters. The molecule has 6 N–H and O–H groups in total. The van der Waals surface area contributed by atoms with E-state index in [-0.39, 0.29) is 0 Å². The highest BCUT2D eigenvalue weighted by atomic mass is 16.7. The Balaban J connectivity index is 2.89. The van der Waals surface area contributed by atoms with Crippen LogP contribution in [0.2, 0.25) is 0 Å². The van der Waals surface area contributed by atoms with Crippen LogP contribution in [-0.4, -0.2) is 73.4 Å². The van der Waals surface area contributed by atoms with Gasteiger partial charge in [-0.25, -0.2) is 4.79 Å². The number of aliphatic hydroxyl groups is 5. The lowest BCUT2D eigenvalue weighted by Gasteiger charge is -2.41. The number of hydrogen-bond acceptors (Lipinski definition) is 7. The number of hydrogen-bond donors (Lipinski definition) is 6. The van der Waals surface area contributed by atoms with Gasteiger partial charge in [-0.05, 0) is 0 Å². The maximum atomic E-state index is 10.7. The van der Waals surface area contributed by atoms with Crippen molar-refractivity contribution in [3.63, 3.8) is 0 Å². The van der Waals surface area contributed by atoms with Crippen molar-refractivity contribution in [3.05, 3.63) is 0 Å². The SMILES string of the molecule is O=C(O)[C@@]1(O)C[C@@H](O)[C@H](O)C([C@H](O)CO)O1. The molecule has 0 amide bonds. The topological polar surface area (TPSA) is 148 Å². The molecule has 1 saturated heterocycles. The van der Waals surface area contributed by atoms with Crippen molar-refractivity contribution < 1.29 is 40.2 Å². The van der Waals surface area contributed by atoms with E-state index in [1.165, 1.54) is 0 Å². The molecule has 0 aliphatic carbocycles. The molecule has 1 aliphatic heterocycles. The summed E-state index contributed by atoms with van der Waals surface area (Å²) < 4.78 is 4.61. The van der Waals surface area contributed by atoms with Crippen LogP contribution in [0.25, 0.3) is 0 Å². The Morgan fingerprint density at radius 1 is 1.50 bits per heavy atom. The fraction of sp³-hybridized carbons (Fsp3) is 0.875. The number of aliphatic hydroxyl groups excluding tert-OH is 4. The van der Waals surface area contributed by atoms with Gasteiger partial charge in [0.05, 0.1) is 12.7 Å². The molecule has 0 bridgehead atoms. The Hall–Kier alpha value is -0.770. The normalized spacial score (nSPS) is 41.7. The van der Waals surface area contributed by atoms with Crippen LogP contribution < -0.4 is 0 Å². The Morgan fingerprint density at radius 2 is 2.06 bits per heavy atom. The van der Waals surface area contributed by atoms with Gasteiger partial charge in [0.1, 0.15) is 18.3 Å². The summed E-state index contributed by atoms with van der Waals surface area (Å²) in [5.41, 5.74) is 0. The molecule has 0 aromatic carbocycles. The first-order valence-corrected chi connectivity index (χ1v) is 4.60. The van der Waals surface area contributed by atoms with Crippen molar-refractivity contribution in [2.45, 2.75) is 36.6 Å². The lowest BCUT2D eigenvalue weighted by Crippen LogP contribution is -2.61. The Kier molecular flexibility index (Phi) is 3.84. The average molecular weight is 238 g/mol. The van der Waals surface area contributed by atoms with E-state index < -0.39 is 49.2 Å². The summed E-state index contributed by atoms with van der Waals surface area (Å²) in [6.07, 6.45) is -7.05. The number of carbonyl (C=O) groups is 1. The first-order chi connectivity index (χ1) is 7.31. The smallest absolute Gasteiger partial charge is 0.364 e. The molecule has 1 rings (SSSR count). The van der Waals surface area contributed by atoms with Gasteiger partial charge in [-0.2, -0.15) is 0 Å². The third-order valence-electron chi connectivity index (χ3n) is 2.45. The summed E-state index contributed by atoms with van der Waals surface area (Å²) in [6, 6.07) is 0. The average Bonchev–Trinajstić information content (AvgIpc) is 2.22. The van der Waals surface area contributed by atoms with E-state index in [0.717, 1.165) is 0 Å². The molecule has 8 heteroatoms. The van der Waals surface area contributed by atoms with Gasteiger partial charge >= 0.3 is 5.97 Å². The quantitative estimate of drug-likeness (QED) is 0.298. The highest BCUT2D eigenvalue weighted by Gasteiger charge is 2.52. The van der Waals surface area contributed by atoms with Gasteiger partial charge < -0.3 is 35.4 Å². The van der Waals surface area contributed by atoms with Gasteiger partial charge in [-0.15, -0.1) is 0 Å². The van der Waals surface area contributed by atoms with Gasteiger partial charge in [0.25, 0.3) is 5.79 Å². The number of carboxylic acids is 1. The minimum absolute atomic E-state index is 0.724. The van der Waals surface area contributed by atoms with Crippen molar-refractivity contribution in [2.24, 2.45) is 0 Å². The van der Waals surface area contributed by atoms with Crippen LogP contribution in [0.1, 0.15) is 6.42 Å². The van der Waals surface area contributed by atoms with Crippen LogP contribution in [0.5, 0.6) is 0 Å². The fourth-order valence-corrected chi connectivity index (χ4v) is 1.51. The zero-order chi connectivity index (χ0) is 12.5. The number of rotatable bonds is 3. The van der Waals surface area contributed by atoms with Gasteiger partial charge in [-0.3, -0.25) is 0 Å². The first kappa shape index (κ1) is 13.3. The number of aliphatic carboxylic acids is 1. The molecule has 16 heavy (non-hydrogen) atoms. The fourth-order valence-electron chi connectivity index (χ4n) is 1.51. The lowest BCUT2D eigenvalue weighted by molar-refractivity contribution is -0.308. The third kappa shape index (κ3) is 2.32. The Morgan fingerprint density at radius 3 is 2.50 bits per heavy atom. The number of ether oxygens (including phenoxy) is 1. The van der Waals surface area contributed by atoms with Gasteiger partial charge in [-0.1, -0.05) is 0 Å². The first-order valence-electron chi connectivity index (χ1n) is 4.60. The van der Waals surface area contributed by atoms with Crippen LogP contribution >= 0.6 is 0 Å². The van der Waals surface area contributed by atoms with Crippen molar-refractivity contribution >= 4 is 5.97 Å². The molecular formula is C8H14O8. The van der Waals surface area contributed by atoms with E-state index in [0.29, 0.717) is 0 Å².